The van der Waals surface area contributed by atoms with Gasteiger partial charge in [0.05, 0.1) is 0 Å². The predicted molar refractivity (Wildman–Crippen MR) is 76.0 cm³/mol. The number of hydrogen-bond donors (Lipinski definition) is 1. The molecule has 2 aromatic rings. The fourth-order valence-electron chi connectivity index (χ4n) is 1.66. The SMILES string of the molecule is CCC(Oc1cccc(Cl)c1)C(=O)Nc1cc(C)on1. The molecule has 0 aliphatic carbocycles. The third-order valence-corrected chi connectivity index (χ3v) is 2.85. The molecule has 0 bridgehead atoms. The standard InChI is InChI=1S/C14H15ClN2O3/c1-3-12(19-11-6-4-5-10(15)8-11)14(18)16-13-7-9(2)20-17-13/h4-8,12H,3H2,1-2H3,(H,16,17,18). The zero-order chi connectivity index (χ0) is 14.5. The second kappa shape index (κ2) is 6.43. The Morgan fingerprint density at radius 1 is 1.50 bits per heavy atom. The number of aryl methyl sites for hydroxylation is 1. The van der Waals surface area contributed by atoms with Gasteiger partial charge in [0, 0.05) is 11.1 Å². The Balaban J connectivity index is 2.02. The van der Waals surface area contributed by atoms with Gasteiger partial charge in [0.25, 0.3) is 5.91 Å². The van der Waals surface area contributed by atoms with Gasteiger partial charge in [-0.2, -0.15) is 0 Å². The monoisotopic (exact) mass is 294 g/mol. The number of halogens is 1. The van der Waals surface area contributed by atoms with Gasteiger partial charge >= 0.3 is 0 Å². The maximum atomic E-state index is 12.1. The fraction of sp³-hybridized carbons (Fsp3) is 0.286. The summed E-state index contributed by atoms with van der Waals surface area (Å²) in [6.45, 7) is 3.62. The van der Waals surface area contributed by atoms with E-state index in [1.54, 1.807) is 37.3 Å². The zero-order valence-corrected chi connectivity index (χ0v) is 12.0. The van der Waals surface area contributed by atoms with Gasteiger partial charge in [0.1, 0.15) is 11.5 Å². The Bertz CT molecular complexity index is 598. The van der Waals surface area contributed by atoms with Crippen molar-refractivity contribution in [1.82, 2.24) is 5.16 Å². The Kier molecular flexibility index (Phi) is 4.63. The number of rotatable bonds is 5. The van der Waals surface area contributed by atoms with Crippen LogP contribution >= 0.6 is 11.6 Å². The van der Waals surface area contributed by atoms with Crippen LogP contribution in [-0.2, 0) is 4.79 Å². The number of amides is 1. The lowest BCUT2D eigenvalue weighted by Gasteiger charge is -2.16. The molecule has 1 unspecified atom stereocenters. The molecule has 0 radical (unpaired) electrons. The van der Waals surface area contributed by atoms with Crippen LogP contribution in [0, 0.1) is 6.92 Å². The highest BCUT2D eigenvalue weighted by atomic mass is 35.5. The van der Waals surface area contributed by atoms with Crippen molar-refractivity contribution in [3.63, 3.8) is 0 Å². The van der Waals surface area contributed by atoms with E-state index in [4.69, 9.17) is 20.9 Å². The van der Waals surface area contributed by atoms with Gasteiger partial charge in [-0.05, 0) is 31.5 Å². The van der Waals surface area contributed by atoms with Crippen molar-refractivity contribution in [1.29, 1.82) is 0 Å². The number of benzene rings is 1. The second-order valence-electron chi connectivity index (χ2n) is 4.28. The molecule has 0 saturated carbocycles. The number of hydrogen-bond acceptors (Lipinski definition) is 4. The minimum absolute atomic E-state index is 0.277. The van der Waals surface area contributed by atoms with Gasteiger partial charge < -0.3 is 14.6 Å². The van der Waals surface area contributed by atoms with Crippen LogP contribution in [-0.4, -0.2) is 17.2 Å². The lowest BCUT2D eigenvalue weighted by atomic mass is 10.2. The van der Waals surface area contributed by atoms with Gasteiger partial charge in [0.2, 0.25) is 0 Å². The first-order valence-corrected chi connectivity index (χ1v) is 6.62. The van der Waals surface area contributed by atoms with Crippen molar-refractivity contribution in [2.45, 2.75) is 26.4 Å². The second-order valence-corrected chi connectivity index (χ2v) is 4.72. The van der Waals surface area contributed by atoms with E-state index in [9.17, 15) is 4.79 Å². The molecule has 1 aromatic heterocycles. The van der Waals surface area contributed by atoms with Crippen LogP contribution in [0.4, 0.5) is 5.82 Å². The molecular formula is C14H15ClN2O3. The number of nitrogens with one attached hydrogen (secondary N) is 1. The van der Waals surface area contributed by atoms with E-state index in [1.807, 2.05) is 6.92 Å². The highest BCUT2D eigenvalue weighted by molar-refractivity contribution is 6.30. The van der Waals surface area contributed by atoms with Gasteiger partial charge in [-0.15, -0.1) is 0 Å². The molecule has 0 spiro atoms. The van der Waals surface area contributed by atoms with E-state index < -0.39 is 6.10 Å². The zero-order valence-electron chi connectivity index (χ0n) is 11.2. The van der Waals surface area contributed by atoms with Crippen LogP contribution in [0.25, 0.3) is 0 Å². The summed E-state index contributed by atoms with van der Waals surface area (Å²) < 4.78 is 10.5. The third kappa shape index (κ3) is 3.74. The van der Waals surface area contributed by atoms with Crippen molar-refractivity contribution in [2.75, 3.05) is 5.32 Å². The minimum Gasteiger partial charge on any atom is -0.481 e. The van der Waals surface area contributed by atoms with E-state index in [0.29, 0.717) is 28.8 Å². The van der Waals surface area contributed by atoms with Crippen molar-refractivity contribution in [2.24, 2.45) is 0 Å². The van der Waals surface area contributed by atoms with Crippen LogP contribution in [0.3, 0.4) is 0 Å². The van der Waals surface area contributed by atoms with Crippen LogP contribution in [0.2, 0.25) is 5.02 Å². The quantitative estimate of drug-likeness (QED) is 0.917. The first-order chi connectivity index (χ1) is 9.58. The van der Waals surface area contributed by atoms with E-state index in [-0.39, 0.29) is 5.91 Å². The van der Waals surface area contributed by atoms with Crippen LogP contribution in [0.15, 0.2) is 34.9 Å². The molecule has 1 N–H and O–H groups in total. The molecule has 0 saturated heterocycles. The molecule has 1 amide bonds. The first-order valence-electron chi connectivity index (χ1n) is 6.25. The average molecular weight is 295 g/mol. The van der Waals surface area contributed by atoms with E-state index >= 15 is 0 Å². The van der Waals surface area contributed by atoms with Crippen molar-refractivity contribution in [3.05, 3.63) is 41.1 Å². The molecule has 106 valence electrons. The Hall–Kier alpha value is -2.01. The molecular weight excluding hydrogens is 280 g/mol. The molecule has 1 heterocycles. The molecule has 2 rings (SSSR count). The summed E-state index contributed by atoms with van der Waals surface area (Å²) in [5, 5.41) is 6.92. The lowest BCUT2D eigenvalue weighted by Crippen LogP contribution is -2.32. The van der Waals surface area contributed by atoms with Crippen LogP contribution in [0.1, 0.15) is 19.1 Å². The Morgan fingerprint density at radius 3 is 2.90 bits per heavy atom. The van der Waals surface area contributed by atoms with Crippen molar-refractivity contribution in [3.8, 4) is 5.75 Å². The minimum atomic E-state index is -0.620. The van der Waals surface area contributed by atoms with E-state index in [0.717, 1.165) is 0 Å². The number of nitrogens with zero attached hydrogens (tertiary/aromatic N) is 1. The summed E-state index contributed by atoms with van der Waals surface area (Å²) >= 11 is 5.88. The summed E-state index contributed by atoms with van der Waals surface area (Å²) in [4.78, 5) is 12.1. The first kappa shape index (κ1) is 14.4. The third-order valence-electron chi connectivity index (χ3n) is 2.62. The Labute approximate surface area is 121 Å². The van der Waals surface area contributed by atoms with Gasteiger partial charge in [-0.25, -0.2) is 0 Å². The van der Waals surface area contributed by atoms with E-state index in [2.05, 4.69) is 10.5 Å². The fourth-order valence-corrected chi connectivity index (χ4v) is 1.84. The molecule has 1 atom stereocenters. The van der Waals surface area contributed by atoms with Gasteiger partial charge in [0.15, 0.2) is 11.9 Å². The van der Waals surface area contributed by atoms with Crippen LogP contribution in [0.5, 0.6) is 5.75 Å². The topological polar surface area (TPSA) is 64.4 Å². The van der Waals surface area contributed by atoms with Crippen LogP contribution < -0.4 is 10.1 Å². The number of aromatic nitrogens is 1. The number of carbonyl (C=O) groups excluding carboxylic acids is 1. The predicted octanol–water partition coefficient (Wildman–Crippen LogP) is 3.43. The molecule has 0 aliphatic heterocycles. The number of carbonyl (C=O) groups is 1. The highest BCUT2D eigenvalue weighted by Gasteiger charge is 2.19. The molecule has 6 heteroatoms. The van der Waals surface area contributed by atoms with Gasteiger partial charge in [-0.1, -0.05) is 29.7 Å². The number of ether oxygens (including phenoxy) is 1. The summed E-state index contributed by atoms with van der Waals surface area (Å²) in [6, 6.07) is 8.57. The maximum absolute atomic E-state index is 12.1. The summed E-state index contributed by atoms with van der Waals surface area (Å²) in [5.74, 6) is 1.28. The summed E-state index contributed by atoms with van der Waals surface area (Å²) in [5.41, 5.74) is 0. The normalized spacial score (nSPS) is 11.9. The molecule has 0 fully saturated rings. The average Bonchev–Trinajstić information content (AvgIpc) is 2.81. The van der Waals surface area contributed by atoms with E-state index in [1.165, 1.54) is 0 Å². The summed E-state index contributed by atoms with van der Waals surface area (Å²) in [7, 11) is 0. The molecule has 5 nitrogen and oxygen atoms in total. The van der Waals surface area contributed by atoms with Crippen molar-refractivity contribution < 1.29 is 14.1 Å². The highest BCUT2D eigenvalue weighted by Crippen LogP contribution is 2.19. The van der Waals surface area contributed by atoms with Crippen molar-refractivity contribution >= 4 is 23.3 Å². The summed E-state index contributed by atoms with van der Waals surface area (Å²) in [6.07, 6.45) is -0.0969. The molecule has 1 aromatic carbocycles. The maximum Gasteiger partial charge on any atom is 0.266 e. The largest absolute Gasteiger partial charge is 0.481 e. The molecule has 0 aliphatic rings. The smallest absolute Gasteiger partial charge is 0.266 e. The molecule has 20 heavy (non-hydrogen) atoms. The van der Waals surface area contributed by atoms with Gasteiger partial charge in [-0.3, -0.25) is 4.79 Å². The number of anilines is 1. The lowest BCUT2D eigenvalue weighted by molar-refractivity contribution is -0.122. The Morgan fingerprint density at radius 2 is 2.30 bits per heavy atom.